The first kappa shape index (κ1) is 22.1. The zero-order valence-corrected chi connectivity index (χ0v) is 19.6. The molecule has 1 aliphatic rings. The summed E-state index contributed by atoms with van der Waals surface area (Å²) in [6.45, 7) is 1.80. The van der Waals surface area contributed by atoms with Crippen LogP contribution in [0.15, 0.2) is 34.7 Å². The first-order valence-electron chi connectivity index (χ1n) is 10.1. The highest BCUT2D eigenvalue weighted by Gasteiger charge is 2.22. The SMILES string of the molecule is COc1ccc(-c2csc(NC(=O)C(C)Sc3nc4c(cc3C#N)CCC4)n2)cc1OC. The van der Waals surface area contributed by atoms with Gasteiger partial charge in [0.15, 0.2) is 16.6 Å². The van der Waals surface area contributed by atoms with Crippen molar-refractivity contribution < 1.29 is 14.3 Å². The molecule has 1 unspecified atom stereocenters. The van der Waals surface area contributed by atoms with E-state index in [1.807, 2.05) is 29.6 Å². The molecule has 4 rings (SSSR count). The van der Waals surface area contributed by atoms with E-state index in [1.54, 1.807) is 21.1 Å². The largest absolute Gasteiger partial charge is 0.493 e. The number of pyridine rings is 1. The van der Waals surface area contributed by atoms with Gasteiger partial charge in [0.05, 0.1) is 30.7 Å². The Labute approximate surface area is 194 Å². The van der Waals surface area contributed by atoms with E-state index in [1.165, 1.54) is 23.1 Å². The average Bonchev–Trinajstić information content (AvgIpc) is 3.47. The number of rotatable bonds is 7. The number of aryl methyl sites for hydroxylation is 2. The summed E-state index contributed by atoms with van der Waals surface area (Å²) >= 11 is 2.65. The average molecular weight is 467 g/mol. The molecule has 2 heterocycles. The van der Waals surface area contributed by atoms with Gasteiger partial charge < -0.3 is 14.8 Å². The summed E-state index contributed by atoms with van der Waals surface area (Å²) in [6, 6.07) is 9.69. The number of nitriles is 1. The Hall–Kier alpha value is -3.09. The van der Waals surface area contributed by atoms with Crippen LogP contribution in [0.25, 0.3) is 11.3 Å². The van der Waals surface area contributed by atoms with Crippen LogP contribution in [0.4, 0.5) is 5.13 Å². The van der Waals surface area contributed by atoms with Gasteiger partial charge in [-0.2, -0.15) is 5.26 Å². The Kier molecular flexibility index (Phi) is 6.63. The maximum absolute atomic E-state index is 12.8. The van der Waals surface area contributed by atoms with E-state index in [9.17, 15) is 10.1 Å². The lowest BCUT2D eigenvalue weighted by Gasteiger charge is -2.12. The van der Waals surface area contributed by atoms with Gasteiger partial charge in [-0.15, -0.1) is 11.3 Å². The summed E-state index contributed by atoms with van der Waals surface area (Å²) in [5.74, 6) is 1.07. The van der Waals surface area contributed by atoms with E-state index in [4.69, 9.17) is 9.47 Å². The molecule has 0 saturated heterocycles. The van der Waals surface area contributed by atoms with E-state index < -0.39 is 5.25 Å². The molecule has 3 aromatic rings. The van der Waals surface area contributed by atoms with Crippen molar-refractivity contribution in [2.24, 2.45) is 0 Å². The van der Waals surface area contributed by atoms with E-state index in [-0.39, 0.29) is 5.91 Å². The lowest BCUT2D eigenvalue weighted by Crippen LogP contribution is -2.22. The minimum Gasteiger partial charge on any atom is -0.493 e. The van der Waals surface area contributed by atoms with E-state index in [0.29, 0.717) is 27.2 Å². The molecule has 2 aromatic heterocycles. The highest BCUT2D eigenvalue weighted by molar-refractivity contribution is 8.00. The van der Waals surface area contributed by atoms with Crippen molar-refractivity contribution in [3.63, 3.8) is 0 Å². The Morgan fingerprint density at radius 1 is 1.22 bits per heavy atom. The fourth-order valence-electron chi connectivity index (χ4n) is 3.51. The molecule has 0 aliphatic heterocycles. The molecule has 0 radical (unpaired) electrons. The molecule has 1 amide bonds. The molecule has 32 heavy (non-hydrogen) atoms. The number of benzene rings is 1. The van der Waals surface area contributed by atoms with Crippen LogP contribution in [-0.4, -0.2) is 35.3 Å². The standard InChI is InChI=1S/C23H22N4O3S2/c1-13(32-22-16(11-24)9-14-5-4-6-17(14)25-22)21(28)27-23-26-18(12-31-23)15-7-8-19(29-2)20(10-15)30-3/h7-10,12-13H,4-6H2,1-3H3,(H,26,27,28). The lowest BCUT2D eigenvalue weighted by molar-refractivity contribution is -0.115. The zero-order chi connectivity index (χ0) is 22.7. The normalized spacial score (nSPS) is 13.2. The number of fused-ring (bicyclic) bond motifs is 1. The topological polar surface area (TPSA) is 97.1 Å². The summed E-state index contributed by atoms with van der Waals surface area (Å²) in [7, 11) is 3.17. The number of thiazole rings is 1. The Morgan fingerprint density at radius 2 is 2.03 bits per heavy atom. The number of carbonyl (C=O) groups is 1. The molecule has 164 valence electrons. The van der Waals surface area contributed by atoms with Gasteiger partial charge in [0.2, 0.25) is 5.91 Å². The number of nitrogens with zero attached hydrogens (tertiary/aromatic N) is 3. The van der Waals surface area contributed by atoms with Gasteiger partial charge in [-0.3, -0.25) is 4.79 Å². The van der Waals surface area contributed by atoms with Crippen molar-refractivity contribution in [1.82, 2.24) is 9.97 Å². The molecule has 1 aliphatic carbocycles. The molecule has 9 heteroatoms. The second kappa shape index (κ2) is 9.59. The first-order chi connectivity index (χ1) is 15.5. The van der Waals surface area contributed by atoms with Gasteiger partial charge in [0.1, 0.15) is 11.1 Å². The van der Waals surface area contributed by atoms with Crippen molar-refractivity contribution in [2.45, 2.75) is 36.5 Å². The molecule has 0 saturated carbocycles. The summed E-state index contributed by atoms with van der Waals surface area (Å²) in [5, 5.41) is 14.9. The number of hydrogen-bond donors (Lipinski definition) is 1. The molecule has 1 N–H and O–H groups in total. The van der Waals surface area contributed by atoms with Crippen LogP contribution in [0.2, 0.25) is 0 Å². The predicted octanol–water partition coefficient (Wildman–Crippen LogP) is 4.70. The van der Waals surface area contributed by atoms with Crippen LogP contribution < -0.4 is 14.8 Å². The molecule has 0 spiro atoms. The van der Waals surface area contributed by atoms with Crippen LogP contribution in [0.3, 0.4) is 0 Å². The van der Waals surface area contributed by atoms with Gasteiger partial charge in [0, 0.05) is 16.6 Å². The van der Waals surface area contributed by atoms with Crippen LogP contribution >= 0.6 is 23.1 Å². The number of anilines is 1. The van der Waals surface area contributed by atoms with Crippen LogP contribution in [0.1, 0.15) is 30.2 Å². The van der Waals surface area contributed by atoms with E-state index in [2.05, 4.69) is 21.4 Å². The summed E-state index contributed by atoms with van der Waals surface area (Å²) in [5.41, 5.74) is 4.31. The molecular formula is C23H22N4O3S2. The highest BCUT2D eigenvalue weighted by Crippen LogP contribution is 2.34. The Morgan fingerprint density at radius 3 is 2.78 bits per heavy atom. The van der Waals surface area contributed by atoms with Crippen molar-refractivity contribution in [3.8, 4) is 28.8 Å². The second-order valence-corrected chi connectivity index (χ2v) is 9.46. The number of thioether (sulfide) groups is 1. The third-order valence-electron chi connectivity index (χ3n) is 5.21. The van der Waals surface area contributed by atoms with Gasteiger partial charge in [-0.05, 0) is 56.0 Å². The number of hydrogen-bond acceptors (Lipinski definition) is 8. The fourth-order valence-corrected chi connectivity index (χ4v) is 5.13. The number of carbonyl (C=O) groups excluding carboxylic acids is 1. The number of aromatic nitrogens is 2. The molecule has 1 atom stereocenters. The van der Waals surface area contributed by atoms with Crippen molar-refractivity contribution >= 4 is 34.1 Å². The van der Waals surface area contributed by atoms with Crippen molar-refractivity contribution in [3.05, 3.63) is 46.5 Å². The number of ether oxygens (including phenoxy) is 2. The Balaban J connectivity index is 1.45. The van der Waals surface area contributed by atoms with Crippen LogP contribution in [0.5, 0.6) is 11.5 Å². The smallest absolute Gasteiger partial charge is 0.239 e. The first-order valence-corrected chi connectivity index (χ1v) is 11.9. The Bertz CT molecular complexity index is 1200. The molecule has 1 aromatic carbocycles. The fraction of sp³-hybridized carbons (Fsp3) is 0.304. The van der Waals surface area contributed by atoms with E-state index >= 15 is 0 Å². The maximum atomic E-state index is 12.8. The number of nitrogens with one attached hydrogen (secondary N) is 1. The molecule has 0 fully saturated rings. The van der Waals surface area contributed by atoms with Gasteiger partial charge in [-0.25, -0.2) is 9.97 Å². The second-order valence-electron chi connectivity index (χ2n) is 7.27. The minimum absolute atomic E-state index is 0.186. The van der Waals surface area contributed by atoms with Crippen LogP contribution in [-0.2, 0) is 17.6 Å². The van der Waals surface area contributed by atoms with E-state index in [0.717, 1.165) is 41.8 Å². The van der Waals surface area contributed by atoms with Crippen molar-refractivity contribution in [1.29, 1.82) is 5.26 Å². The highest BCUT2D eigenvalue weighted by atomic mass is 32.2. The summed E-state index contributed by atoms with van der Waals surface area (Å²) < 4.78 is 10.6. The quantitative estimate of drug-likeness (QED) is 0.504. The predicted molar refractivity (Wildman–Crippen MR) is 126 cm³/mol. The molecule has 7 nitrogen and oxygen atoms in total. The zero-order valence-electron chi connectivity index (χ0n) is 18.0. The third-order valence-corrected chi connectivity index (χ3v) is 7.07. The number of methoxy groups -OCH3 is 2. The third kappa shape index (κ3) is 4.56. The van der Waals surface area contributed by atoms with Gasteiger partial charge in [-0.1, -0.05) is 11.8 Å². The summed E-state index contributed by atoms with van der Waals surface area (Å²) in [6.07, 6.45) is 2.95. The molecule has 0 bridgehead atoms. The van der Waals surface area contributed by atoms with Crippen LogP contribution in [0, 0.1) is 11.3 Å². The van der Waals surface area contributed by atoms with Gasteiger partial charge >= 0.3 is 0 Å². The minimum atomic E-state index is -0.428. The van der Waals surface area contributed by atoms with Crippen molar-refractivity contribution in [2.75, 3.05) is 19.5 Å². The molecular weight excluding hydrogens is 444 g/mol. The lowest BCUT2D eigenvalue weighted by atomic mass is 10.1. The monoisotopic (exact) mass is 466 g/mol. The van der Waals surface area contributed by atoms with Gasteiger partial charge in [0.25, 0.3) is 0 Å². The number of amides is 1. The summed E-state index contributed by atoms with van der Waals surface area (Å²) in [4.78, 5) is 22.0. The maximum Gasteiger partial charge on any atom is 0.239 e.